The molecule has 0 saturated heterocycles. The Labute approximate surface area is 94.2 Å². The van der Waals surface area contributed by atoms with Gasteiger partial charge in [0.25, 0.3) is 0 Å². The van der Waals surface area contributed by atoms with Gasteiger partial charge >= 0.3 is 0 Å². The first-order chi connectivity index (χ1) is 7.27. The minimum Gasteiger partial charge on any atom is -0.493 e. The lowest BCUT2D eigenvalue weighted by atomic mass is 10.2. The van der Waals surface area contributed by atoms with E-state index in [-0.39, 0.29) is 0 Å². The highest BCUT2D eigenvalue weighted by Crippen LogP contribution is 2.21. The highest BCUT2D eigenvalue weighted by molar-refractivity contribution is 6.31. The van der Waals surface area contributed by atoms with Crippen LogP contribution in [0.1, 0.15) is 12.0 Å². The van der Waals surface area contributed by atoms with E-state index in [0.29, 0.717) is 29.5 Å². The van der Waals surface area contributed by atoms with Gasteiger partial charge in [0.15, 0.2) is 0 Å². The number of ether oxygens (including phenoxy) is 2. The first-order valence-corrected chi connectivity index (χ1v) is 4.97. The van der Waals surface area contributed by atoms with Gasteiger partial charge in [-0.3, -0.25) is 0 Å². The average molecular weight is 226 g/mol. The van der Waals surface area contributed by atoms with Gasteiger partial charge in [0.1, 0.15) is 11.8 Å². The molecule has 0 spiro atoms. The molecular weight excluding hydrogens is 214 g/mol. The molecule has 1 rings (SSSR count). The maximum absolute atomic E-state index is 8.66. The van der Waals surface area contributed by atoms with Crippen LogP contribution in [0.15, 0.2) is 18.2 Å². The molecule has 4 heteroatoms. The maximum Gasteiger partial charge on any atom is 0.120 e. The van der Waals surface area contributed by atoms with E-state index in [1.165, 1.54) is 0 Å². The van der Waals surface area contributed by atoms with E-state index >= 15 is 0 Å². The molecule has 1 aromatic carbocycles. The van der Waals surface area contributed by atoms with Gasteiger partial charge in [-0.2, -0.15) is 5.26 Å². The molecule has 0 aromatic heterocycles. The Bertz CT molecular complexity index is 360. The number of nitrogens with zero attached hydrogens (tertiary/aromatic N) is 1. The lowest BCUT2D eigenvalue weighted by Crippen LogP contribution is -2.01. The molecule has 0 atom stereocenters. The third-order valence-corrected chi connectivity index (χ3v) is 2.14. The van der Waals surface area contributed by atoms with Gasteiger partial charge in [-0.1, -0.05) is 11.6 Å². The summed E-state index contributed by atoms with van der Waals surface area (Å²) < 4.78 is 10.3. The van der Waals surface area contributed by atoms with Crippen LogP contribution in [0.2, 0.25) is 5.02 Å². The number of rotatable bonds is 5. The molecule has 0 N–H and O–H groups in total. The fourth-order valence-corrected chi connectivity index (χ4v) is 1.28. The fraction of sp³-hybridized carbons (Fsp3) is 0.364. The summed E-state index contributed by atoms with van der Waals surface area (Å²) in [5.41, 5.74) is 0.459. The van der Waals surface area contributed by atoms with Crippen LogP contribution in [-0.4, -0.2) is 20.3 Å². The van der Waals surface area contributed by atoms with E-state index in [1.807, 2.05) is 6.07 Å². The van der Waals surface area contributed by atoms with Crippen LogP contribution in [0, 0.1) is 11.3 Å². The molecule has 0 unspecified atom stereocenters. The molecule has 0 amide bonds. The third kappa shape index (κ3) is 3.78. The normalized spacial score (nSPS) is 9.67. The van der Waals surface area contributed by atoms with E-state index in [9.17, 15) is 0 Å². The number of nitriles is 1. The summed E-state index contributed by atoms with van der Waals surface area (Å²) in [7, 11) is 1.65. The molecule has 80 valence electrons. The van der Waals surface area contributed by atoms with Gasteiger partial charge in [-0.05, 0) is 12.1 Å². The smallest absolute Gasteiger partial charge is 0.120 e. The summed E-state index contributed by atoms with van der Waals surface area (Å²) in [6, 6.07) is 7.02. The SMILES string of the molecule is COCCCOc1ccc(C#N)c(Cl)c1. The van der Waals surface area contributed by atoms with Crippen LogP contribution in [0.5, 0.6) is 5.75 Å². The van der Waals surface area contributed by atoms with Crippen molar-refractivity contribution >= 4 is 11.6 Å². The summed E-state index contributed by atoms with van der Waals surface area (Å²) in [6.45, 7) is 1.25. The van der Waals surface area contributed by atoms with Crippen LogP contribution >= 0.6 is 11.6 Å². The van der Waals surface area contributed by atoms with Gasteiger partial charge < -0.3 is 9.47 Å². The minimum atomic E-state index is 0.418. The van der Waals surface area contributed by atoms with Crippen LogP contribution in [0.25, 0.3) is 0 Å². The van der Waals surface area contributed by atoms with Crippen molar-refractivity contribution in [2.24, 2.45) is 0 Å². The van der Waals surface area contributed by atoms with Crippen molar-refractivity contribution in [3.63, 3.8) is 0 Å². The highest BCUT2D eigenvalue weighted by atomic mass is 35.5. The molecule has 0 bridgehead atoms. The van der Waals surface area contributed by atoms with Crippen molar-refractivity contribution in [3.8, 4) is 11.8 Å². The molecule has 0 heterocycles. The van der Waals surface area contributed by atoms with Crippen LogP contribution in [0.4, 0.5) is 0 Å². The number of hydrogen-bond acceptors (Lipinski definition) is 3. The lowest BCUT2D eigenvalue weighted by Gasteiger charge is -2.06. The molecule has 0 aliphatic rings. The Kier molecular flexibility index (Phi) is 4.96. The van der Waals surface area contributed by atoms with Crippen molar-refractivity contribution < 1.29 is 9.47 Å². The second kappa shape index (κ2) is 6.28. The Hall–Kier alpha value is -1.24. The third-order valence-electron chi connectivity index (χ3n) is 1.82. The van der Waals surface area contributed by atoms with Crippen LogP contribution in [-0.2, 0) is 4.74 Å². The zero-order valence-electron chi connectivity index (χ0n) is 8.50. The standard InChI is InChI=1S/C11H12ClNO2/c1-14-5-2-6-15-10-4-3-9(8-13)11(12)7-10/h3-4,7H,2,5-6H2,1H3. The number of benzene rings is 1. The second-order valence-electron chi connectivity index (χ2n) is 2.95. The minimum absolute atomic E-state index is 0.418. The van der Waals surface area contributed by atoms with Gasteiger partial charge in [0.05, 0.1) is 17.2 Å². The fourth-order valence-electron chi connectivity index (χ4n) is 1.07. The van der Waals surface area contributed by atoms with Crippen molar-refractivity contribution in [1.29, 1.82) is 5.26 Å². The van der Waals surface area contributed by atoms with Crippen molar-refractivity contribution in [2.75, 3.05) is 20.3 Å². The van der Waals surface area contributed by atoms with Gasteiger partial charge in [0, 0.05) is 26.2 Å². The van der Waals surface area contributed by atoms with E-state index in [0.717, 1.165) is 6.42 Å². The summed E-state index contributed by atoms with van der Waals surface area (Å²) in [5, 5.41) is 9.08. The average Bonchev–Trinajstić information content (AvgIpc) is 2.25. The summed E-state index contributed by atoms with van der Waals surface area (Å²) in [4.78, 5) is 0. The summed E-state index contributed by atoms with van der Waals surface area (Å²) >= 11 is 5.84. The molecule has 0 aliphatic heterocycles. The van der Waals surface area contributed by atoms with Crippen molar-refractivity contribution in [3.05, 3.63) is 28.8 Å². The molecule has 0 fully saturated rings. The second-order valence-corrected chi connectivity index (χ2v) is 3.36. The zero-order valence-corrected chi connectivity index (χ0v) is 9.25. The predicted octanol–water partition coefficient (Wildman–Crippen LogP) is 2.63. The molecular formula is C11H12ClNO2. The van der Waals surface area contributed by atoms with Gasteiger partial charge in [-0.15, -0.1) is 0 Å². The Morgan fingerprint density at radius 2 is 2.20 bits per heavy atom. The first-order valence-electron chi connectivity index (χ1n) is 4.59. The number of hydrogen-bond donors (Lipinski definition) is 0. The Morgan fingerprint density at radius 3 is 2.80 bits per heavy atom. The van der Waals surface area contributed by atoms with E-state index < -0.39 is 0 Å². The summed E-state index contributed by atoms with van der Waals surface area (Å²) in [6.07, 6.45) is 0.828. The maximum atomic E-state index is 8.66. The van der Waals surface area contributed by atoms with Gasteiger partial charge in [0.2, 0.25) is 0 Å². The summed E-state index contributed by atoms with van der Waals surface area (Å²) in [5.74, 6) is 0.676. The monoisotopic (exact) mass is 225 g/mol. The van der Waals surface area contributed by atoms with E-state index in [2.05, 4.69) is 0 Å². The molecule has 0 saturated carbocycles. The van der Waals surface area contributed by atoms with Crippen molar-refractivity contribution in [2.45, 2.75) is 6.42 Å². The molecule has 0 aliphatic carbocycles. The molecule has 15 heavy (non-hydrogen) atoms. The van der Waals surface area contributed by atoms with Crippen LogP contribution in [0.3, 0.4) is 0 Å². The van der Waals surface area contributed by atoms with E-state index in [1.54, 1.807) is 25.3 Å². The molecule has 0 radical (unpaired) electrons. The topological polar surface area (TPSA) is 42.2 Å². The van der Waals surface area contributed by atoms with Crippen molar-refractivity contribution in [1.82, 2.24) is 0 Å². The van der Waals surface area contributed by atoms with Crippen LogP contribution < -0.4 is 4.74 Å². The quantitative estimate of drug-likeness (QED) is 0.724. The molecule has 3 nitrogen and oxygen atoms in total. The number of halogens is 1. The van der Waals surface area contributed by atoms with Gasteiger partial charge in [-0.25, -0.2) is 0 Å². The van der Waals surface area contributed by atoms with E-state index in [4.69, 9.17) is 26.3 Å². The highest BCUT2D eigenvalue weighted by Gasteiger charge is 2.01. The predicted molar refractivity (Wildman–Crippen MR) is 58.2 cm³/mol. The zero-order chi connectivity index (χ0) is 11.1. The molecule has 1 aromatic rings. The largest absolute Gasteiger partial charge is 0.493 e. The Morgan fingerprint density at radius 1 is 1.40 bits per heavy atom. The lowest BCUT2D eigenvalue weighted by molar-refractivity contribution is 0.172. The number of methoxy groups -OCH3 is 1. The first kappa shape index (κ1) is 11.8. The Balaban J connectivity index is 2.49.